The van der Waals surface area contributed by atoms with Gasteiger partial charge in [0.1, 0.15) is 0 Å². The molecule has 5 fully saturated rings. The minimum atomic E-state index is -0.0140. The number of imide groups is 1. The van der Waals surface area contributed by atoms with Crippen LogP contribution in [0.25, 0.3) is 0 Å². The normalized spacial score (nSPS) is 41.6. The van der Waals surface area contributed by atoms with E-state index in [1.54, 1.807) is 4.90 Å². The highest BCUT2D eigenvalue weighted by atomic mass is 16.2. The Morgan fingerprint density at radius 1 is 0.955 bits per heavy atom. The molecule has 4 saturated carbocycles. The molecule has 114 valence electrons. The van der Waals surface area contributed by atoms with E-state index in [1.807, 2.05) is 24.3 Å². The van der Waals surface area contributed by atoms with Crippen LogP contribution in [0.5, 0.6) is 0 Å². The fraction of sp³-hybridized carbons (Fsp3) is 0.579. The molecule has 4 aliphatic carbocycles. The van der Waals surface area contributed by atoms with E-state index in [0.717, 1.165) is 42.3 Å². The largest absolute Gasteiger partial charge is 0.274 e. The van der Waals surface area contributed by atoms with E-state index in [9.17, 15) is 9.59 Å². The lowest BCUT2D eigenvalue weighted by molar-refractivity contribution is -0.129. The number of hydrogen-bond donors (Lipinski definition) is 0. The number of carbonyl (C=O) groups excluding carboxylic acids is 2. The smallest absolute Gasteiger partial charge is 0.237 e. The van der Waals surface area contributed by atoms with Crippen LogP contribution in [0.3, 0.4) is 0 Å². The molecule has 3 nitrogen and oxygen atoms in total. The summed E-state index contributed by atoms with van der Waals surface area (Å²) in [6.45, 7) is 2.08. The first-order chi connectivity index (χ1) is 10.7. The van der Waals surface area contributed by atoms with Crippen LogP contribution in [0.2, 0.25) is 0 Å². The summed E-state index contributed by atoms with van der Waals surface area (Å²) in [5.41, 5.74) is 1.93. The topological polar surface area (TPSA) is 37.4 Å². The maximum Gasteiger partial charge on any atom is 0.237 e. The second kappa shape index (κ2) is 4.21. The molecule has 2 bridgehead atoms. The zero-order chi connectivity index (χ0) is 15.0. The SMILES string of the molecule is CCc1ccccc1N1C(=O)[C@@H]2[C@@H]3CC[C@@H]([C@H]4C[C@H]43)[C@@H]2C1=O. The Labute approximate surface area is 130 Å². The van der Waals surface area contributed by atoms with Gasteiger partial charge in [-0.2, -0.15) is 0 Å². The minimum Gasteiger partial charge on any atom is -0.274 e. The number of benzene rings is 1. The lowest BCUT2D eigenvalue weighted by Gasteiger charge is -2.42. The molecule has 5 aliphatic rings. The molecular weight excluding hydrogens is 274 g/mol. The molecular formula is C19H21NO2. The average molecular weight is 295 g/mol. The fourth-order valence-electron chi connectivity index (χ4n) is 5.80. The van der Waals surface area contributed by atoms with Crippen molar-refractivity contribution in [2.75, 3.05) is 4.90 Å². The van der Waals surface area contributed by atoms with Crippen molar-refractivity contribution in [3.63, 3.8) is 0 Å². The molecule has 1 saturated heterocycles. The number of anilines is 1. The first-order valence-electron chi connectivity index (χ1n) is 8.68. The number of nitrogens with zero attached hydrogens (tertiary/aromatic N) is 1. The lowest BCUT2D eigenvalue weighted by atomic mass is 9.59. The van der Waals surface area contributed by atoms with Gasteiger partial charge in [0.2, 0.25) is 11.8 Å². The molecule has 0 aromatic heterocycles. The summed E-state index contributed by atoms with van der Waals surface area (Å²) in [6, 6.07) is 7.89. The standard InChI is InChI=1S/C19H21NO2/c1-2-10-5-3-4-6-15(10)20-18(21)16-11-7-8-12(14-9-13(11)14)17(16)19(20)22/h3-6,11-14,16-17H,2,7-9H2,1H3/t11-,12+,13+,14-,16-,17+. The van der Waals surface area contributed by atoms with E-state index in [4.69, 9.17) is 0 Å². The van der Waals surface area contributed by atoms with Crippen LogP contribution in [0.1, 0.15) is 31.7 Å². The summed E-state index contributed by atoms with van der Waals surface area (Å²) in [4.78, 5) is 27.7. The fourth-order valence-corrected chi connectivity index (χ4v) is 5.80. The summed E-state index contributed by atoms with van der Waals surface area (Å²) >= 11 is 0. The van der Waals surface area contributed by atoms with E-state index in [2.05, 4.69) is 6.92 Å². The van der Waals surface area contributed by atoms with Gasteiger partial charge in [0.05, 0.1) is 17.5 Å². The zero-order valence-corrected chi connectivity index (χ0v) is 12.9. The molecule has 1 heterocycles. The van der Waals surface area contributed by atoms with Crippen molar-refractivity contribution in [1.82, 2.24) is 0 Å². The third kappa shape index (κ3) is 1.42. The van der Waals surface area contributed by atoms with Gasteiger partial charge in [-0.15, -0.1) is 0 Å². The molecule has 6 rings (SSSR count). The summed E-state index contributed by atoms with van der Waals surface area (Å²) in [5.74, 6) is 2.62. The Hall–Kier alpha value is -1.64. The van der Waals surface area contributed by atoms with Gasteiger partial charge in [0.25, 0.3) is 0 Å². The van der Waals surface area contributed by atoms with Crippen LogP contribution in [-0.2, 0) is 16.0 Å². The number of aryl methyl sites for hydroxylation is 1. The molecule has 0 spiro atoms. The number of para-hydroxylation sites is 1. The molecule has 0 radical (unpaired) electrons. The maximum atomic E-state index is 13.1. The number of rotatable bonds is 2. The molecule has 1 aliphatic heterocycles. The Kier molecular flexibility index (Phi) is 2.46. The molecule has 0 unspecified atom stereocenters. The van der Waals surface area contributed by atoms with Gasteiger partial charge in [0.15, 0.2) is 0 Å². The first-order valence-corrected chi connectivity index (χ1v) is 8.68. The zero-order valence-electron chi connectivity index (χ0n) is 12.9. The van der Waals surface area contributed by atoms with Gasteiger partial charge in [-0.1, -0.05) is 25.1 Å². The van der Waals surface area contributed by atoms with Gasteiger partial charge in [-0.05, 0) is 61.0 Å². The third-order valence-electron chi connectivity index (χ3n) is 6.76. The van der Waals surface area contributed by atoms with Gasteiger partial charge < -0.3 is 0 Å². The summed E-state index contributed by atoms with van der Waals surface area (Å²) < 4.78 is 0. The minimum absolute atomic E-state index is 0.0140. The predicted octanol–water partition coefficient (Wildman–Crippen LogP) is 3.03. The Bertz CT molecular complexity index is 648. The predicted molar refractivity (Wildman–Crippen MR) is 83.1 cm³/mol. The van der Waals surface area contributed by atoms with Crippen molar-refractivity contribution in [3.8, 4) is 0 Å². The highest BCUT2D eigenvalue weighted by Gasteiger charge is 2.68. The van der Waals surface area contributed by atoms with Crippen LogP contribution in [0.4, 0.5) is 5.69 Å². The highest BCUT2D eigenvalue weighted by molar-refractivity contribution is 6.22. The maximum absolute atomic E-state index is 13.1. The van der Waals surface area contributed by atoms with Crippen LogP contribution in [0, 0.1) is 35.5 Å². The Morgan fingerprint density at radius 3 is 2.14 bits per heavy atom. The molecule has 1 aromatic carbocycles. The van der Waals surface area contributed by atoms with Crippen molar-refractivity contribution < 1.29 is 9.59 Å². The van der Waals surface area contributed by atoms with Gasteiger partial charge in [-0.25, -0.2) is 4.90 Å². The van der Waals surface area contributed by atoms with Crippen LogP contribution < -0.4 is 4.90 Å². The molecule has 6 atom stereocenters. The van der Waals surface area contributed by atoms with Crippen LogP contribution in [0.15, 0.2) is 24.3 Å². The second-order valence-corrected chi connectivity index (χ2v) is 7.51. The van der Waals surface area contributed by atoms with Crippen LogP contribution >= 0.6 is 0 Å². The third-order valence-corrected chi connectivity index (χ3v) is 6.76. The van der Waals surface area contributed by atoms with E-state index in [1.165, 1.54) is 6.42 Å². The van der Waals surface area contributed by atoms with Crippen LogP contribution in [-0.4, -0.2) is 11.8 Å². The number of hydrogen-bond acceptors (Lipinski definition) is 2. The van der Waals surface area contributed by atoms with E-state index >= 15 is 0 Å². The summed E-state index contributed by atoms with van der Waals surface area (Å²) in [6.07, 6.45) is 4.44. The second-order valence-electron chi connectivity index (χ2n) is 7.51. The van der Waals surface area contributed by atoms with Crippen molar-refractivity contribution in [2.45, 2.75) is 32.6 Å². The Morgan fingerprint density at radius 2 is 1.55 bits per heavy atom. The number of fused-ring (bicyclic) bond motifs is 1. The quantitative estimate of drug-likeness (QED) is 0.786. The average Bonchev–Trinajstić information content (AvgIpc) is 3.32. The van der Waals surface area contributed by atoms with Crippen molar-refractivity contribution in [1.29, 1.82) is 0 Å². The van der Waals surface area contributed by atoms with Gasteiger partial charge >= 0.3 is 0 Å². The lowest BCUT2D eigenvalue weighted by Crippen LogP contribution is -2.43. The molecule has 0 N–H and O–H groups in total. The van der Waals surface area contributed by atoms with Crippen molar-refractivity contribution >= 4 is 17.5 Å². The first kappa shape index (κ1) is 12.9. The van der Waals surface area contributed by atoms with Gasteiger partial charge in [0, 0.05) is 0 Å². The molecule has 3 heteroatoms. The van der Waals surface area contributed by atoms with Crippen molar-refractivity contribution in [2.24, 2.45) is 35.5 Å². The highest BCUT2D eigenvalue weighted by Crippen LogP contribution is 2.68. The molecule has 2 amide bonds. The summed E-state index contributed by atoms with van der Waals surface area (Å²) in [7, 11) is 0. The monoisotopic (exact) mass is 295 g/mol. The van der Waals surface area contributed by atoms with Gasteiger partial charge in [-0.3, -0.25) is 9.59 Å². The number of carbonyl (C=O) groups is 2. The molecule has 1 aromatic rings. The van der Waals surface area contributed by atoms with Crippen molar-refractivity contribution in [3.05, 3.63) is 29.8 Å². The van der Waals surface area contributed by atoms with E-state index in [0.29, 0.717) is 11.8 Å². The summed E-state index contributed by atoms with van der Waals surface area (Å²) in [5, 5.41) is 0. The Balaban J connectivity index is 1.59. The molecule has 22 heavy (non-hydrogen) atoms. The van der Waals surface area contributed by atoms with E-state index < -0.39 is 0 Å². The number of amides is 2. The van der Waals surface area contributed by atoms with E-state index in [-0.39, 0.29) is 23.7 Å².